The summed E-state index contributed by atoms with van der Waals surface area (Å²) in [6.45, 7) is 3.67. The molecule has 2 aromatic heterocycles. The largest absolute Gasteiger partial charge is 0.364 e. The summed E-state index contributed by atoms with van der Waals surface area (Å²) in [5.74, 6) is 1.01. The van der Waals surface area contributed by atoms with Crippen LogP contribution in [0.2, 0.25) is 0 Å². The minimum absolute atomic E-state index is 0.132. The molecule has 1 saturated heterocycles. The zero-order valence-electron chi connectivity index (χ0n) is 10.9. The molecule has 0 spiro atoms. The topological polar surface area (TPSA) is 73.9 Å². The molecule has 100 valence electrons. The second-order valence-electron chi connectivity index (χ2n) is 4.85. The highest BCUT2D eigenvalue weighted by Gasteiger charge is 2.29. The number of aromatic amines is 1. The lowest BCUT2D eigenvalue weighted by Crippen LogP contribution is -2.28. The van der Waals surface area contributed by atoms with Crippen molar-refractivity contribution < 1.29 is 4.79 Å². The number of likely N-dealkylation sites (tertiary alicyclic amines) is 1. The van der Waals surface area contributed by atoms with Crippen molar-refractivity contribution >= 4 is 22.8 Å². The van der Waals surface area contributed by atoms with Gasteiger partial charge in [-0.05, 0) is 12.5 Å². The highest BCUT2D eigenvalue weighted by Crippen LogP contribution is 2.21. The van der Waals surface area contributed by atoms with Crippen molar-refractivity contribution in [3.63, 3.8) is 0 Å². The molecule has 6 nitrogen and oxygen atoms in total. The predicted molar refractivity (Wildman–Crippen MR) is 72.8 cm³/mol. The first-order chi connectivity index (χ1) is 9.28. The first kappa shape index (κ1) is 12.0. The van der Waals surface area contributed by atoms with E-state index in [0.29, 0.717) is 6.42 Å². The van der Waals surface area contributed by atoms with E-state index in [9.17, 15) is 4.79 Å². The molecule has 0 bridgehead atoms. The van der Waals surface area contributed by atoms with E-state index in [4.69, 9.17) is 0 Å². The van der Waals surface area contributed by atoms with Gasteiger partial charge in [-0.15, -0.1) is 0 Å². The van der Waals surface area contributed by atoms with Crippen LogP contribution in [-0.4, -0.2) is 44.9 Å². The maximum Gasteiger partial charge on any atom is 0.224 e. The molecule has 1 aliphatic heterocycles. The Bertz CT molecular complexity index is 593. The van der Waals surface area contributed by atoms with Crippen molar-refractivity contribution in [1.82, 2.24) is 19.9 Å². The molecule has 0 radical (unpaired) electrons. The second kappa shape index (κ2) is 4.87. The number of anilines is 1. The molecule has 19 heavy (non-hydrogen) atoms. The number of fused-ring (bicyclic) bond motifs is 1. The maximum absolute atomic E-state index is 11.8. The first-order valence-corrected chi connectivity index (χ1v) is 6.60. The number of amides is 1. The molecular weight excluding hydrogens is 242 g/mol. The Labute approximate surface area is 111 Å². The van der Waals surface area contributed by atoms with Crippen molar-refractivity contribution in [3.8, 4) is 0 Å². The van der Waals surface area contributed by atoms with Crippen LogP contribution in [0.1, 0.15) is 19.8 Å². The lowest BCUT2D eigenvalue weighted by molar-refractivity contribution is -0.127. The first-order valence-electron chi connectivity index (χ1n) is 6.60. The molecule has 1 aliphatic rings. The van der Waals surface area contributed by atoms with Crippen molar-refractivity contribution in [2.45, 2.75) is 25.8 Å². The molecule has 1 unspecified atom stereocenters. The van der Waals surface area contributed by atoms with Crippen LogP contribution in [0.3, 0.4) is 0 Å². The fraction of sp³-hybridized carbons (Fsp3) is 0.462. The number of aromatic nitrogens is 3. The average molecular weight is 259 g/mol. The summed E-state index contributed by atoms with van der Waals surface area (Å²) in [7, 11) is 0. The number of carbonyl (C=O) groups excluding carboxylic acids is 1. The molecule has 1 fully saturated rings. The number of carbonyl (C=O) groups is 1. The Morgan fingerprint density at radius 3 is 3.26 bits per heavy atom. The van der Waals surface area contributed by atoms with E-state index >= 15 is 0 Å². The molecule has 0 aromatic carbocycles. The molecule has 3 rings (SSSR count). The molecule has 3 heterocycles. The number of rotatable bonds is 4. The molecule has 1 atom stereocenters. The van der Waals surface area contributed by atoms with E-state index < -0.39 is 0 Å². The van der Waals surface area contributed by atoms with Crippen LogP contribution in [0, 0.1) is 0 Å². The van der Waals surface area contributed by atoms with Gasteiger partial charge in [0.1, 0.15) is 17.8 Å². The quantitative estimate of drug-likeness (QED) is 0.870. The fourth-order valence-corrected chi connectivity index (χ4v) is 2.54. The summed E-state index contributed by atoms with van der Waals surface area (Å²) in [5, 5.41) is 4.32. The van der Waals surface area contributed by atoms with Gasteiger partial charge in [-0.3, -0.25) is 4.79 Å². The van der Waals surface area contributed by atoms with E-state index in [1.54, 1.807) is 0 Å². The molecule has 2 aromatic rings. The van der Waals surface area contributed by atoms with Crippen LogP contribution < -0.4 is 5.32 Å². The molecular formula is C13H17N5O. The van der Waals surface area contributed by atoms with Crippen LogP contribution in [0.15, 0.2) is 18.6 Å². The minimum atomic E-state index is 0.132. The van der Waals surface area contributed by atoms with Crippen LogP contribution in [0.5, 0.6) is 0 Å². The monoisotopic (exact) mass is 259 g/mol. The van der Waals surface area contributed by atoms with Gasteiger partial charge in [0.25, 0.3) is 0 Å². The highest BCUT2D eigenvalue weighted by molar-refractivity contribution is 5.87. The van der Waals surface area contributed by atoms with Crippen LogP contribution in [-0.2, 0) is 4.79 Å². The van der Waals surface area contributed by atoms with Gasteiger partial charge in [0.15, 0.2) is 0 Å². The van der Waals surface area contributed by atoms with Crippen molar-refractivity contribution in [2.75, 3.05) is 18.4 Å². The third-order valence-electron chi connectivity index (χ3n) is 3.40. The number of nitrogens with zero attached hydrogens (tertiary/aromatic N) is 3. The van der Waals surface area contributed by atoms with Crippen molar-refractivity contribution in [2.24, 2.45) is 0 Å². The van der Waals surface area contributed by atoms with E-state index in [0.717, 1.165) is 36.4 Å². The third kappa shape index (κ3) is 2.25. The Morgan fingerprint density at radius 1 is 1.53 bits per heavy atom. The zero-order chi connectivity index (χ0) is 13.2. The Kier molecular flexibility index (Phi) is 3.06. The summed E-state index contributed by atoms with van der Waals surface area (Å²) in [6, 6.07) is 2.07. The maximum atomic E-state index is 11.8. The van der Waals surface area contributed by atoms with E-state index in [1.807, 2.05) is 17.2 Å². The Hall–Kier alpha value is -2.11. The van der Waals surface area contributed by atoms with E-state index in [2.05, 4.69) is 27.2 Å². The van der Waals surface area contributed by atoms with Gasteiger partial charge in [0.05, 0.1) is 11.4 Å². The van der Waals surface area contributed by atoms with Gasteiger partial charge in [-0.1, -0.05) is 6.92 Å². The van der Waals surface area contributed by atoms with Gasteiger partial charge in [-0.2, -0.15) is 0 Å². The van der Waals surface area contributed by atoms with E-state index in [-0.39, 0.29) is 11.9 Å². The standard InChI is InChI=1S/C13H17N5O/c1-2-5-18-7-9(6-11(18)19)17-13-10-3-4-14-12(10)15-8-16-13/h3-4,8-9H,2,5-7H2,1H3,(H2,14,15,16,17). The van der Waals surface area contributed by atoms with Crippen LogP contribution >= 0.6 is 0 Å². The highest BCUT2D eigenvalue weighted by atomic mass is 16.2. The van der Waals surface area contributed by atoms with Crippen LogP contribution in [0.4, 0.5) is 5.82 Å². The van der Waals surface area contributed by atoms with Crippen molar-refractivity contribution in [1.29, 1.82) is 0 Å². The smallest absolute Gasteiger partial charge is 0.224 e. The summed E-state index contributed by atoms with van der Waals surface area (Å²) < 4.78 is 0. The van der Waals surface area contributed by atoms with Crippen molar-refractivity contribution in [3.05, 3.63) is 18.6 Å². The summed E-state index contributed by atoms with van der Waals surface area (Å²) in [6.07, 6.45) is 4.90. The number of H-pyrrole nitrogens is 1. The van der Waals surface area contributed by atoms with Gasteiger partial charge in [-0.25, -0.2) is 9.97 Å². The molecule has 2 N–H and O–H groups in total. The minimum Gasteiger partial charge on any atom is -0.364 e. The predicted octanol–water partition coefficient (Wildman–Crippen LogP) is 1.38. The summed E-state index contributed by atoms with van der Waals surface area (Å²) >= 11 is 0. The number of hydrogen-bond acceptors (Lipinski definition) is 4. The molecule has 6 heteroatoms. The molecule has 0 saturated carbocycles. The molecule has 1 amide bonds. The van der Waals surface area contributed by atoms with Gasteiger partial charge in [0.2, 0.25) is 5.91 Å². The van der Waals surface area contributed by atoms with Crippen LogP contribution in [0.25, 0.3) is 11.0 Å². The van der Waals surface area contributed by atoms with Gasteiger partial charge in [0, 0.05) is 25.7 Å². The third-order valence-corrected chi connectivity index (χ3v) is 3.40. The fourth-order valence-electron chi connectivity index (χ4n) is 2.54. The SMILES string of the molecule is CCCN1CC(Nc2ncnc3[nH]ccc23)CC1=O. The van der Waals surface area contributed by atoms with E-state index in [1.165, 1.54) is 6.33 Å². The lowest BCUT2D eigenvalue weighted by atomic mass is 10.2. The Morgan fingerprint density at radius 2 is 2.42 bits per heavy atom. The van der Waals surface area contributed by atoms with Gasteiger partial charge >= 0.3 is 0 Å². The summed E-state index contributed by atoms with van der Waals surface area (Å²) in [4.78, 5) is 25.2. The Balaban J connectivity index is 1.76. The number of hydrogen-bond donors (Lipinski definition) is 2. The van der Waals surface area contributed by atoms with Gasteiger partial charge < -0.3 is 15.2 Å². The summed E-state index contributed by atoms with van der Waals surface area (Å²) in [5.41, 5.74) is 0.812. The molecule has 0 aliphatic carbocycles. The average Bonchev–Trinajstić information content (AvgIpc) is 2.98. The number of nitrogens with one attached hydrogen (secondary N) is 2. The second-order valence-corrected chi connectivity index (χ2v) is 4.85. The lowest BCUT2D eigenvalue weighted by Gasteiger charge is -2.16. The normalized spacial score (nSPS) is 19.3. The zero-order valence-corrected chi connectivity index (χ0v) is 10.9.